The van der Waals surface area contributed by atoms with Crippen molar-refractivity contribution in [2.24, 2.45) is 22.4 Å². The summed E-state index contributed by atoms with van der Waals surface area (Å²) in [7, 11) is 0. The third kappa shape index (κ3) is 3.17. The lowest BCUT2D eigenvalue weighted by Gasteiger charge is -2.40. The molecule has 1 N–H and O–H groups in total. The Bertz CT molecular complexity index is 896. The predicted molar refractivity (Wildman–Crippen MR) is 109 cm³/mol. The van der Waals surface area contributed by atoms with Crippen LogP contribution in [0.2, 0.25) is 0 Å². The molecular formula is C23H29F3N2O3. The molecule has 1 spiro atoms. The smallest absolute Gasteiger partial charge is 0.431 e. The highest BCUT2D eigenvalue weighted by Crippen LogP contribution is 2.66. The molecule has 1 aliphatic heterocycles. The number of amides is 1. The number of fused-ring (bicyclic) bond motifs is 1. The van der Waals surface area contributed by atoms with Crippen molar-refractivity contribution in [3.8, 4) is 0 Å². The minimum absolute atomic E-state index is 0.124. The molecule has 1 heterocycles. The van der Waals surface area contributed by atoms with Crippen molar-refractivity contribution in [1.82, 2.24) is 5.01 Å². The van der Waals surface area contributed by atoms with Crippen LogP contribution in [0.5, 0.6) is 0 Å². The molecule has 170 valence electrons. The molecule has 2 saturated carbocycles. The molecule has 31 heavy (non-hydrogen) atoms. The number of hydrogen-bond donors (Lipinski definition) is 1. The topological polar surface area (TPSA) is 62.1 Å². The number of nitrogens with zero attached hydrogens (tertiary/aromatic N) is 2. The Balaban J connectivity index is 1.61. The fourth-order valence-corrected chi connectivity index (χ4v) is 5.95. The number of rotatable bonds is 5. The van der Waals surface area contributed by atoms with Crippen LogP contribution in [0.15, 0.2) is 29.4 Å². The molecule has 3 fully saturated rings. The SMILES string of the molecule is CC/C(=N\N1C(=O)OC2CC3CCC21C3(C)C)[C@@H](C)[C@H](O)c1ccc(C(F)(F)F)cc1. The zero-order valence-electron chi connectivity index (χ0n) is 18.2. The minimum atomic E-state index is -4.43. The summed E-state index contributed by atoms with van der Waals surface area (Å²) >= 11 is 0. The van der Waals surface area contributed by atoms with E-state index in [0.717, 1.165) is 31.4 Å². The monoisotopic (exact) mass is 438 g/mol. The molecule has 1 amide bonds. The van der Waals surface area contributed by atoms with Gasteiger partial charge in [-0.3, -0.25) is 0 Å². The highest BCUT2D eigenvalue weighted by atomic mass is 19.4. The van der Waals surface area contributed by atoms with E-state index in [0.29, 0.717) is 23.6 Å². The minimum Gasteiger partial charge on any atom is -0.442 e. The number of ether oxygens (including phenoxy) is 1. The lowest BCUT2D eigenvalue weighted by atomic mass is 9.75. The Morgan fingerprint density at radius 3 is 2.52 bits per heavy atom. The standard InChI is InChI=1S/C23H29F3N2O3/c1-5-17(13(2)19(29)14-6-8-15(9-7-14)23(24,25)26)27-28-20(30)31-18-12-16-10-11-22(18,28)21(16,3)4/h6-9,13,16,18-19,29H,5,10-12H2,1-4H3/b27-17+/t13-,16?,18?,19+,22?/m1/s1. The van der Waals surface area contributed by atoms with Crippen molar-refractivity contribution in [3.05, 3.63) is 35.4 Å². The third-order valence-electron chi connectivity index (χ3n) is 8.00. The number of hydrazone groups is 1. The number of carbonyl (C=O) groups is 1. The van der Waals surface area contributed by atoms with Gasteiger partial charge in [0.05, 0.1) is 11.7 Å². The van der Waals surface area contributed by atoms with Gasteiger partial charge in [0.1, 0.15) is 11.6 Å². The van der Waals surface area contributed by atoms with Gasteiger partial charge in [-0.1, -0.05) is 39.8 Å². The van der Waals surface area contributed by atoms with Gasteiger partial charge in [-0.25, -0.2) is 4.79 Å². The van der Waals surface area contributed by atoms with E-state index < -0.39 is 35.4 Å². The van der Waals surface area contributed by atoms with Gasteiger partial charge in [0.15, 0.2) is 0 Å². The quantitative estimate of drug-likeness (QED) is 0.614. The van der Waals surface area contributed by atoms with E-state index in [1.807, 2.05) is 6.92 Å². The number of hydrogen-bond acceptors (Lipinski definition) is 4. The molecule has 1 aromatic rings. The van der Waals surface area contributed by atoms with Gasteiger partial charge < -0.3 is 9.84 Å². The van der Waals surface area contributed by atoms with Crippen molar-refractivity contribution < 1.29 is 27.8 Å². The second-order valence-electron chi connectivity index (χ2n) is 9.60. The summed E-state index contributed by atoms with van der Waals surface area (Å²) in [4.78, 5) is 12.7. The number of carbonyl (C=O) groups excluding carboxylic acids is 1. The van der Waals surface area contributed by atoms with E-state index in [1.165, 1.54) is 17.1 Å². The van der Waals surface area contributed by atoms with Crippen molar-refractivity contribution in [1.29, 1.82) is 0 Å². The third-order valence-corrected chi connectivity index (χ3v) is 8.00. The van der Waals surface area contributed by atoms with Gasteiger partial charge in [0, 0.05) is 11.6 Å². The van der Waals surface area contributed by atoms with Crippen LogP contribution in [0.25, 0.3) is 0 Å². The van der Waals surface area contributed by atoms with Crippen LogP contribution in [-0.4, -0.2) is 33.6 Å². The van der Waals surface area contributed by atoms with E-state index in [1.54, 1.807) is 6.92 Å². The van der Waals surface area contributed by atoms with E-state index in [-0.39, 0.29) is 11.5 Å². The molecule has 8 heteroatoms. The summed E-state index contributed by atoms with van der Waals surface area (Å²) in [6, 6.07) is 4.51. The maximum absolute atomic E-state index is 12.8. The summed E-state index contributed by atoms with van der Waals surface area (Å²) in [5.41, 5.74) is -0.366. The van der Waals surface area contributed by atoms with Gasteiger partial charge >= 0.3 is 12.3 Å². The van der Waals surface area contributed by atoms with Gasteiger partial charge in [0.25, 0.3) is 0 Å². The maximum Gasteiger partial charge on any atom is 0.431 e. The molecule has 4 rings (SSSR count). The Hall–Kier alpha value is -2.09. The van der Waals surface area contributed by atoms with Crippen LogP contribution in [0.4, 0.5) is 18.0 Å². The van der Waals surface area contributed by atoms with Crippen molar-refractivity contribution >= 4 is 11.8 Å². The van der Waals surface area contributed by atoms with Gasteiger partial charge in [-0.05, 0) is 54.7 Å². The number of benzene rings is 1. The molecule has 1 aromatic carbocycles. The fraction of sp³-hybridized carbons (Fsp3) is 0.652. The Kier molecular flexibility index (Phi) is 5.15. The van der Waals surface area contributed by atoms with Crippen molar-refractivity contribution in [2.75, 3.05) is 0 Å². The van der Waals surface area contributed by atoms with Crippen LogP contribution in [0, 0.1) is 17.3 Å². The average molecular weight is 438 g/mol. The largest absolute Gasteiger partial charge is 0.442 e. The van der Waals surface area contributed by atoms with Crippen molar-refractivity contribution in [2.45, 2.75) is 77.3 Å². The zero-order valence-corrected chi connectivity index (χ0v) is 18.2. The first kappa shape index (κ1) is 22.1. The van der Waals surface area contributed by atoms with Crippen LogP contribution >= 0.6 is 0 Å². The van der Waals surface area contributed by atoms with E-state index in [4.69, 9.17) is 9.84 Å². The predicted octanol–water partition coefficient (Wildman–Crippen LogP) is 5.54. The summed E-state index contributed by atoms with van der Waals surface area (Å²) in [6.45, 7) is 8.00. The summed E-state index contributed by atoms with van der Waals surface area (Å²) < 4.78 is 44.2. The summed E-state index contributed by atoms with van der Waals surface area (Å²) in [5.74, 6) is -0.00441. The first-order chi connectivity index (χ1) is 14.4. The van der Waals surface area contributed by atoms with Crippen LogP contribution in [0.1, 0.15) is 70.6 Å². The molecular weight excluding hydrogens is 409 g/mol. The molecule has 3 unspecified atom stereocenters. The van der Waals surface area contributed by atoms with Gasteiger partial charge in [-0.2, -0.15) is 23.3 Å². The molecule has 0 aromatic heterocycles. The Morgan fingerprint density at radius 1 is 1.32 bits per heavy atom. The Labute approximate surface area is 180 Å². The second-order valence-corrected chi connectivity index (χ2v) is 9.60. The lowest BCUT2D eigenvalue weighted by molar-refractivity contribution is -0.137. The highest BCUT2D eigenvalue weighted by molar-refractivity contribution is 5.88. The first-order valence-corrected chi connectivity index (χ1v) is 10.9. The van der Waals surface area contributed by atoms with Crippen LogP contribution in [0.3, 0.4) is 0 Å². The first-order valence-electron chi connectivity index (χ1n) is 10.9. The number of halogens is 3. The molecule has 2 aliphatic carbocycles. The second kappa shape index (κ2) is 7.22. The molecule has 5 atom stereocenters. The number of alkyl halides is 3. The normalized spacial score (nSPS) is 31.5. The van der Waals surface area contributed by atoms with E-state index in [9.17, 15) is 23.1 Å². The van der Waals surface area contributed by atoms with Crippen molar-refractivity contribution in [3.63, 3.8) is 0 Å². The summed E-state index contributed by atoms with van der Waals surface area (Å²) in [5, 5.41) is 17.1. The molecule has 1 saturated heterocycles. The molecule has 3 aliphatic rings. The van der Waals surface area contributed by atoms with Crippen LogP contribution < -0.4 is 0 Å². The number of aliphatic hydroxyl groups is 1. The number of aliphatic hydroxyl groups excluding tert-OH is 1. The van der Waals surface area contributed by atoms with E-state index >= 15 is 0 Å². The van der Waals surface area contributed by atoms with Crippen LogP contribution in [-0.2, 0) is 10.9 Å². The molecule has 0 radical (unpaired) electrons. The van der Waals surface area contributed by atoms with Gasteiger partial charge in [-0.15, -0.1) is 0 Å². The summed E-state index contributed by atoms with van der Waals surface area (Å²) in [6.07, 6.45) is -2.91. The van der Waals surface area contributed by atoms with Gasteiger partial charge in [0.2, 0.25) is 0 Å². The maximum atomic E-state index is 12.8. The average Bonchev–Trinajstić information content (AvgIpc) is 3.23. The Morgan fingerprint density at radius 2 is 1.97 bits per heavy atom. The molecule has 5 nitrogen and oxygen atoms in total. The zero-order chi connectivity index (χ0) is 22.8. The lowest BCUT2D eigenvalue weighted by Crippen LogP contribution is -2.53. The highest BCUT2D eigenvalue weighted by Gasteiger charge is 2.73. The van der Waals surface area contributed by atoms with E-state index in [2.05, 4.69) is 13.8 Å². The fourth-order valence-electron chi connectivity index (χ4n) is 5.95. The molecule has 2 bridgehead atoms.